The second-order valence-electron chi connectivity index (χ2n) is 7.88. The van der Waals surface area contributed by atoms with Gasteiger partial charge in [0.05, 0.1) is 0 Å². The molecule has 0 aromatic heterocycles. The highest BCUT2D eigenvalue weighted by atomic mass is 32.2. The van der Waals surface area contributed by atoms with Gasteiger partial charge in [-0.05, 0) is 50.0 Å². The van der Waals surface area contributed by atoms with Gasteiger partial charge in [0.2, 0.25) is 0 Å². The molecule has 1 atom stereocenters. The summed E-state index contributed by atoms with van der Waals surface area (Å²) in [6.45, 7) is 8.68. The molecule has 2 heteroatoms. The molecule has 0 radical (unpaired) electrons. The van der Waals surface area contributed by atoms with Crippen LogP contribution in [0.4, 0.5) is 0 Å². The maximum Gasteiger partial charge on any atom is 0.121 e. The summed E-state index contributed by atoms with van der Waals surface area (Å²) >= 11 is 2.10. The summed E-state index contributed by atoms with van der Waals surface area (Å²) in [4.78, 5) is 0. The second kappa shape index (κ2) is 14.4. The lowest BCUT2D eigenvalue weighted by Crippen LogP contribution is -2.07. The van der Waals surface area contributed by atoms with E-state index in [-0.39, 0.29) is 0 Å². The highest BCUT2D eigenvalue weighted by molar-refractivity contribution is 7.99. The molecule has 0 aliphatic heterocycles. The van der Waals surface area contributed by atoms with Gasteiger partial charge in [-0.1, -0.05) is 89.3 Å². The summed E-state index contributed by atoms with van der Waals surface area (Å²) in [5.74, 6) is 1.77. The molecular formula is C24H42OS. The van der Waals surface area contributed by atoms with Crippen molar-refractivity contribution in [1.29, 1.82) is 0 Å². The zero-order valence-corrected chi connectivity index (χ0v) is 18.6. The van der Waals surface area contributed by atoms with E-state index < -0.39 is 0 Å². The summed E-state index contributed by atoms with van der Waals surface area (Å²) < 4.78 is 0. The number of phenols is 1. The predicted octanol–water partition coefficient (Wildman–Crippen LogP) is 7.98. The van der Waals surface area contributed by atoms with Gasteiger partial charge in [0.15, 0.2) is 0 Å². The van der Waals surface area contributed by atoms with Crippen LogP contribution in [-0.4, -0.2) is 16.1 Å². The van der Waals surface area contributed by atoms with Gasteiger partial charge in [0, 0.05) is 5.25 Å². The van der Waals surface area contributed by atoms with E-state index in [1.54, 1.807) is 0 Å². The first-order chi connectivity index (χ1) is 12.6. The quantitative estimate of drug-likeness (QED) is 0.312. The van der Waals surface area contributed by atoms with Crippen LogP contribution in [0.15, 0.2) is 12.1 Å². The summed E-state index contributed by atoms with van der Waals surface area (Å²) in [5, 5.41) is 10.9. The van der Waals surface area contributed by atoms with E-state index in [4.69, 9.17) is 0 Å². The summed E-state index contributed by atoms with van der Waals surface area (Å²) in [7, 11) is 0. The Morgan fingerprint density at radius 1 is 0.846 bits per heavy atom. The van der Waals surface area contributed by atoms with Crippen molar-refractivity contribution in [2.45, 2.75) is 110 Å². The van der Waals surface area contributed by atoms with E-state index in [0.29, 0.717) is 11.0 Å². The zero-order chi connectivity index (χ0) is 19.2. The summed E-state index contributed by atoms with van der Waals surface area (Å²) in [6.07, 6.45) is 16.2. The first-order valence-corrected chi connectivity index (χ1v) is 12.0. The minimum atomic E-state index is 0.508. The van der Waals surface area contributed by atoms with Crippen molar-refractivity contribution in [3.63, 3.8) is 0 Å². The van der Waals surface area contributed by atoms with Crippen LogP contribution in [-0.2, 0) is 6.42 Å². The standard InChI is InChI=1S/C24H42OS/c1-5-7-8-9-10-11-12-13-14-15-16-26-23(6-2)19-22-18-20(3)17-21(4)24(22)25/h17-18,23,25H,5-16,19H2,1-4H3. The van der Waals surface area contributed by atoms with E-state index in [2.05, 4.69) is 44.7 Å². The van der Waals surface area contributed by atoms with Crippen LogP contribution in [0.2, 0.25) is 0 Å². The lowest BCUT2D eigenvalue weighted by atomic mass is 10.0. The maximum atomic E-state index is 10.3. The molecule has 0 spiro atoms. The average molecular weight is 379 g/mol. The molecule has 1 nitrogen and oxygen atoms in total. The number of benzene rings is 1. The third kappa shape index (κ3) is 9.90. The molecule has 1 unspecified atom stereocenters. The molecule has 0 saturated carbocycles. The van der Waals surface area contributed by atoms with Crippen LogP contribution in [0.3, 0.4) is 0 Å². The fourth-order valence-electron chi connectivity index (χ4n) is 3.61. The van der Waals surface area contributed by atoms with Crippen molar-refractivity contribution in [2.24, 2.45) is 0 Å². The third-order valence-electron chi connectivity index (χ3n) is 5.28. The molecule has 0 fully saturated rings. The Balaban J connectivity index is 2.14. The molecule has 1 aromatic rings. The van der Waals surface area contributed by atoms with Gasteiger partial charge in [-0.25, -0.2) is 0 Å². The number of hydrogen-bond donors (Lipinski definition) is 1. The first-order valence-electron chi connectivity index (χ1n) is 11.0. The van der Waals surface area contributed by atoms with Gasteiger partial charge in [-0.15, -0.1) is 0 Å². The second-order valence-corrected chi connectivity index (χ2v) is 9.28. The fraction of sp³-hybridized carbons (Fsp3) is 0.750. The number of unbranched alkanes of at least 4 members (excludes halogenated alkanes) is 9. The van der Waals surface area contributed by atoms with Gasteiger partial charge in [-0.2, -0.15) is 11.8 Å². The molecule has 150 valence electrons. The molecular weight excluding hydrogens is 336 g/mol. The average Bonchev–Trinajstić information content (AvgIpc) is 2.62. The van der Waals surface area contributed by atoms with Gasteiger partial charge in [0.25, 0.3) is 0 Å². The number of aryl methyl sites for hydroxylation is 2. The lowest BCUT2D eigenvalue weighted by molar-refractivity contribution is 0.463. The Morgan fingerprint density at radius 3 is 2.00 bits per heavy atom. The number of rotatable bonds is 15. The monoisotopic (exact) mass is 378 g/mol. The van der Waals surface area contributed by atoms with E-state index >= 15 is 0 Å². The van der Waals surface area contributed by atoms with Crippen LogP contribution < -0.4 is 0 Å². The van der Waals surface area contributed by atoms with E-state index in [1.807, 2.05) is 6.92 Å². The normalized spacial score (nSPS) is 12.5. The Hall–Kier alpha value is -0.630. The number of aromatic hydroxyl groups is 1. The predicted molar refractivity (Wildman–Crippen MR) is 120 cm³/mol. The van der Waals surface area contributed by atoms with Crippen LogP contribution in [0, 0.1) is 13.8 Å². The first kappa shape index (κ1) is 23.4. The zero-order valence-electron chi connectivity index (χ0n) is 17.8. The number of thioether (sulfide) groups is 1. The molecule has 0 saturated heterocycles. The van der Waals surface area contributed by atoms with Crippen LogP contribution in [0.1, 0.15) is 101 Å². The van der Waals surface area contributed by atoms with E-state index in [9.17, 15) is 5.11 Å². The van der Waals surface area contributed by atoms with Crippen LogP contribution in [0.25, 0.3) is 0 Å². The summed E-state index contributed by atoms with van der Waals surface area (Å²) in [6, 6.07) is 4.23. The topological polar surface area (TPSA) is 20.2 Å². The van der Waals surface area contributed by atoms with Crippen molar-refractivity contribution in [2.75, 3.05) is 5.75 Å². The number of phenolic OH excluding ortho intramolecular Hbond substituents is 1. The molecule has 0 amide bonds. The highest BCUT2D eigenvalue weighted by Crippen LogP contribution is 2.29. The van der Waals surface area contributed by atoms with Crippen molar-refractivity contribution in [1.82, 2.24) is 0 Å². The van der Waals surface area contributed by atoms with Crippen molar-refractivity contribution >= 4 is 11.8 Å². The Morgan fingerprint density at radius 2 is 1.42 bits per heavy atom. The molecule has 0 aliphatic carbocycles. The fourth-order valence-corrected chi connectivity index (χ4v) is 4.85. The molecule has 1 N–H and O–H groups in total. The Labute approximate surface area is 167 Å². The molecule has 1 rings (SSSR count). The molecule has 0 bridgehead atoms. The molecule has 26 heavy (non-hydrogen) atoms. The van der Waals surface area contributed by atoms with Crippen molar-refractivity contribution in [3.8, 4) is 5.75 Å². The van der Waals surface area contributed by atoms with Gasteiger partial charge in [-0.3, -0.25) is 0 Å². The molecule has 0 aliphatic rings. The maximum absolute atomic E-state index is 10.3. The SMILES string of the molecule is CCCCCCCCCCCCSC(CC)Cc1cc(C)cc(C)c1O. The smallest absolute Gasteiger partial charge is 0.121 e. The van der Waals surface area contributed by atoms with Gasteiger partial charge < -0.3 is 5.11 Å². The minimum absolute atomic E-state index is 0.508. The summed E-state index contributed by atoms with van der Waals surface area (Å²) in [5.41, 5.74) is 3.39. The lowest BCUT2D eigenvalue weighted by Gasteiger charge is -2.17. The van der Waals surface area contributed by atoms with E-state index in [1.165, 1.54) is 81.9 Å². The largest absolute Gasteiger partial charge is 0.507 e. The van der Waals surface area contributed by atoms with Crippen molar-refractivity contribution in [3.05, 3.63) is 28.8 Å². The Bertz CT molecular complexity index is 483. The van der Waals surface area contributed by atoms with Crippen LogP contribution in [0.5, 0.6) is 5.75 Å². The highest BCUT2D eigenvalue weighted by Gasteiger charge is 2.12. The van der Waals surface area contributed by atoms with E-state index in [0.717, 1.165) is 17.5 Å². The van der Waals surface area contributed by atoms with Crippen LogP contribution >= 0.6 is 11.8 Å². The minimum Gasteiger partial charge on any atom is -0.507 e. The third-order valence-corrected chi connectivity index (χ3v) is 6.77. The molecule has 1 aromatic carbocycles. The van der Waals surface area contributed by atoms with Gasteiger partial charge >= 0.3 is 0 Å². The molecule has 0 heterocycles. The Kier molecular flexibility index (Phi) is 13.0. The van der Waals surface area contributed by atoms with Crippen molar-refractivity contribution < 1.29 is 5.11 Å². The van der Waals surface area contributed by atoms with Gasteiger partial charge in [0.1, 0.15) is 5.75 Å². The number of hydrogen-bond acceptors (Lipinski definition) is 2.